The van der Waals surface area contributed by atoms with Gasteiger partial charge in [0.25, 0.3) is 0 Å². The van der Waals surface area contributed by atoms with Gasteiger partial charge in [0.15, 0.2) is 0 Å². The zero-order chi connectivity index (χ0) is 16.0. The molecule has 6 heteroatoms. The van der Waals surface area contributed by atoms with Crippen molar-refractivity contribution >= 4 is 23.6 Å². The van der Waals surface area contributed by atoms with Gasteiger partial charge in [0.1, 0.15) is 6.54 Å². The van der Waals surface area contributed by atoms with Gasteiger partial charge in [-0.05, 0) is 30.5 Å². The lowest BCUT2D eigenvalue weighted by atomic mass is 10.1. The number of carbonyl (C=O) groups excluding carboxylic acids is 1. The minimum absolute atomic E-state index is 0.195. The number of benzene rings is 1. The molecule has 0 heterocycles. The number of nitrogens with one attached hydrogen (secondary N) is 1. The SMILES string of the molecule is CC(C)CN(CC(=O)O)C(=O)NC(C)c1ccc(Cl)cc1. The molecule has 0 aliphatic rings. The topological polar surface area (TPSA) is 69.6 Å². The lowest BCUT2D eigenvalue weighted by Gasteiger charge is -2.25. The second kappa shape index (κ2) is 7.88. The Morgan fingerprint density at radius 2 is 1.81 bits per heavy atom. The van der Waals surface area contributed by atoms with Crippen molar-refractivity contribution in [1.82, 2.24) is 10.2 Å². The maximum Gasteiger partial charge on any atom is 0.323 e. The molecule has 21 heavy (non-hydrogen) atoms. The molecule has 0 radical (unpaired) electrons. The number of hydrogen-bond acceptors (Lipinski definition) is 2. The molecule has 1 unspecified atom stereocenters. The van der Waals surface area contributed by atoms with Crippen molar-refractivity contribution in [2.24, 2.45) is 5.92 Å². The van der Waals surface area contributed by atoms with E-state index < -0.39 is 5.97 Å². The van der Waals surface area contributed by atoms with Crippen molar-refractivity contribution in [3.8, 4) is 0 Å². The first-order valence-corrected chi connectivity index (χ1v) is 7.20. The maximum absolute atomic E-state index is 12.2. The Morgan fingerprint density at radius 1 is 1.24 bits per heavy atom. The fourth-order valence-corrected chi connectivity index (χ4v) is 2.06. The van der Waals surface area contributed by atoms with Crippen molar-refractivity contribution in [3.63, 3.8) is 0 Å². The molecule has 0 saturated carbocycles. The van der Waals surface area contributed by atoms with E-state index in [9.17, 15) is 9.59 Å². The maximum atomic E-state index is 12.2. The Kier molecular flexibility index (Phi) is 6.49. The predicted molar refractivity (Wildman–Crippen MR) is 82.4 cm³/mol. The minimum Gasteiger partial charge on any atom is -0.480 e. The van der Waals surface area contributed by atoms with Gasteiger partial charge in [0.05, 0.1) is 6.04 Å². The summed E-state index contributed by atoms with van der Waals surface area (Å²) < 4.78 is 0. The molecule has 116 valence electrons. The van der Waals surface area contributed by atoms with Crippen LogP contribution in [0.15, 0.2) is 24.3 Å². The smallest absolute Gasteiger partial charge is 0.323 e. The number of carboxylic acid groups (broad SMARTS) is 1. The van der Waals surface area contributed by atoms with E-state index in [-0.39, 0.29) is 24.5 Å². The molecule has 0 bridgehead atoms. The third kappa shape index (κ3) is 6.04. The van der Waals surface area contributed by atoms with Crippen LogP contribution in [0.25, 0.3) is 0 Å². The van der Waals surface area contributed by atoms with Gasteiger partial charge in [0, 0.05) is 11.6 Å². The van der Waals surface area contributed by atoms with Gasteiger partial charge in [-0.2, -0.15) is 0 Å². The molecule has 0 aromatic heterocycles. The molecule has 1 aromatic rings. The monoisotopic (exact) mass is 312 g/mol. The van der Waals surface area contributed by atoms with Crippen molar-refractivity contribution < 1.29 is 14.7 Å². The average Bonchev–Trinajstić information content (AvgIpc) is 2.37. The molecule has 0 spiro atoms. The molecule has 0 aliphatic carbocycles. The van der Waals surface area contributed by atoms with Gasteiger partial charge in [0.2, 0.25) is 0 Å². The van der Waals surface area contributed by atoms with E-state index in [1.165, 1.54) is 4.90 Å². The van der Waals surface area contributed by atoms with Crippen molar-refractivity contribution in [1.29, 1.82) is 0 Å². The summed E-state index contributed by atoms with van der Waals surface area (Å²) in [5.41, 5.74) is 0.910. The molecule has 2 N–H and O–H groups in total. The lowest BCUT2D eigenvalue weighted by Crippen LogP contribution is -2.45. The second-order valence-corrected chi connectivity index (χ2v) is 5.83. The number of nitrogens with zero attached hydrogens (tertiary/aromatic N) is 1. The molecule has 1 rings (SSSR count). The van der Waals surface area contributed by atoms with Gasteiger partial charge in [-0.25, -0.2) is 4.79 Å². The Labute approximate surface area is 129 Å². The lowest BCUT2D eigenvalue weighted by molar-refractivity contribution is -0.137. The summed E-state index contributed by atoms with van der Waals surface area (Å²) in [6, 6.07) is 6.56. The Hall–Kier alpha value is -1.75. The summed E-state index contributed by atoms with van der Waals surface area (Å²) in [6.07, 6.45) is 0. The summed E-state index contributed by atoms with van der Waals surface area (Å²) in [5, 5.41) is 12.3. The van der Waals surface area contributed by atoms with Crippen LogP contribution in [0.3, 0.4) is 0 Å². The van der Waals surface area contributed by atoms with Crippen LogP contribution in [0, 0.1) is 5.92 Å². The highest BCUT2D eigenvalue weighted by Gasteiger charge is 2.19. The number of aliphatic carboxylic acids is 1. The first-order chi connectivity index (χ1) is 9.79. The van der Waals surface area contributed by atoms with Crippen molar-refractivity contribution in [2.75, 3.05) is 13.1 Å². The number of amides is 2. The summed E-state index contributed by atoms with van der Waals surface area (Å²) in [7, 11) is 0. The first-order valence-electron chi connectivity index (χ1n) is 6.82. The number of carbonyl (C=O) groups is 2. The van der Waals surface area contributed by atoms with E-state index in [2.05, 4.69) is 5.32 Å². The molecular formula is C15H21ClN2O3. The van der Waals surface area contributed by atoms with E-state index in [4.69, 9.17) is 16.7 Å². The predicted octanol–water partition coefficient (Wildman–Crippen LogP) is 3.15. The van der Waals surface area contributed by atoms with E-state index >= 15 is 0 Å². The fraction of sp³-hybridized carbons (Fsp3) is 0.467. The highest BCUT2D eigenvalue weighted by Crippen LogP contribution is 2.16. The summed E-state index contributed by atoms with van der Waals surface area (Å²) in [4.78, 5) is 24.3. The highest BCUT2D eigenvalue weighted by atomic mass is 35.5. The van der Waals surface area contributed by atoms with Gasteiger partial charge in [-0.3, -0.25) is 4.79 Å². The molecule has 0 fully saturated rings. The highest BCUT2D eigenvalue weighted by molar-refractivity contribution is 6.30. The molecule has 5 nitrogen and oxygen atoms in total. The second-order valence-electron chi connectivity index (χ2n) is 5.39. The van der Waals surface area contributed by atoms with E-state index in [1.54, 1.807) is 12.1 Å². The largest absolute Gasteiger partial charge is 0.480 e. The summed E-state index contributed by atoms with van der Waals surface area (Å²) >= 11 is 5.83. The van der Waals surface area contributed by atoms with Gasteiger partial charge in [-0.1, -0.05) is 37.6 Å². The molecule has 0 saturated heterocycles. The first kappa shape index (κ1) is 17.3. The number of rotatable bonds is 6. The average molecular weight is 313 g/mol. The number of hydrogen-bond donors (Lipinski definition) is 2. The van der Waals surface area contributed by atoms with Gasteiger partial charge < -0.3 is 15.3 Å². The van der Waals surface area contributed by atoms with Gasteiger partial charge >= 0.3 is 12.0 Å². The number of halogens is 1. The quantitative estimate of drug-likeness (QED) is 0.847. The Morgan fingerprint density at radius 3 is 2.29 bits per heavy atom. The van der Waals surface area contributed by atoms with Crippen LogP contribution in [0.2, 0.25) is 5.02 Å². The molecule has 2 amide bonds. The van der Waals surface area contributed by atoms with Crippen molar-refractivity contribution in [3.05, 3.63) is 34.9 Å². The summed E-state index contributed by atoms with van der Waals surface area (Å²) in [6.45, 7) is 5.80. The van der Waals surface area contributed by atoms with Crippen LogP contribution < -0.4 is 5.32 Å². The number of urea groups is 1. The third-order valence-corrected chi connectivity index (χ3v) is 3.16. The molecule has 1 atom stereocenters. The minimum atomic E-state index is -1.02. The fourth-order valence-electron chi connectivity index (χ4n) is 1.93. The standard InChI is InChI=1S/C15H21ClN2O3/c1-10(2)8-18(9-14(19)20)15(21)17-11(3)12-4-6-13(16)7-5-12/h4-7,10-11H,8-9H2,1-3H3,(H,17,21)(H,19,20). The van der Waals surface area contributed by atoms with Crippen LogP contribution in [0.5, 0.6) is 0 Å². The molecule has 1 aromatic carbocycles. The normalized spacial score (nSPS) is 12.0. The van der Waals surface area contributed by atoms with E-state index in [0.717, 1.165) is 5.56 Å². The van der Waals surface area contributed by atoms with Crippen molar-refractivity contribution in [2.45, 2.75) is 26.8 Å². The zero-order valence-electron chi connectivity index (χ0n) is 12.5. The third-order valence-electron chi connectivity index (χ3n) is 2.91. The molecule has 0 aliphatic heterocycles. The van der Waals surface area contributed by atoms with Gasteiger partial charge in [-0.15, -0.1) is 0 Å². The Bertz CT molecular complexity index is 488. The Balaban J connectivity index is 2.70. The molecular weight excluding hydrogens is 292 g/mol. The zero-order valence-corrected chi connectivity index (χ0v) is 13.2. The van der Waals surface area contributed by atoms with E-state index in [0.29, 0.717) is 11.6 Å². The number of carboxylic acids is 1. The van der Waals surface area contributed by atoms with Crippen LogP contribution in [0.1, 0.15) is 32.4 Å². The summed E-state index contributed by atoms with van der Waals surface area (Å²) in [5.74, 6) is -0.828. The van der Waals surface area contributed by atoms with E-state index in [1.807, 2.05) is 32.9 Å². The van der Waals surface area contributed by atoms with Crippen LogP contribution >= 0.6 is 11.6 Å². The van der Waals surface area contributed by atoms with Crippen LogP contribution in [0.4, 0.5) is 4.79 Å². The van der Waals surface area contributed by atoms with Crippen LogP contribution in [-0.2, 0) is 4.79 Å². The van der Waals surface area contributed by atoms with Crippen LogP contribution in [-0.4, -0.2) is 35.1 Å².